The van der Waals surface area contributed by atoms with Gasteiger partial charge in [-0.1, -0.05) is 0 Å². The summed E-state index contributed by atoms with van der Waals surface area (Å²) in [7, 11) is 2.04. The Morgan fingerprint density at radius 2 is 2.41 bits per heavy atom. The Morgan fingerprint density at radius 1 is 1.53 bits per heavy atom. The van der Waals surface area contributed by atoms with E-state index in [-0.39, 0.29) is 0 Å². The van der Waals surface area contributed by atoms with Crippen LogP contribution in [0.4, 0.5) is 0 Å². The first-order chi connectivity index (χ1) is 8.31. The van der Waals surface area contributed by atoms with E-state index in [1.807, 2.05) is 7.05 Å². The van der Waals surface area contributed by atoms with Gasteiger partial charge >= 0.3 is 0 Å². The lowest BCUT2D eigenvalue weighted by Gasteiger charge is -2.24. The predicted molar refractivity (Wildman–Crippen MR) is 76.6 cm³/mol. The van der Waals surface area contributed by atoms with Crippen LogP contribution in [-0.2, 0) is 4.74 Å². The third-order valence-electron chi connectivity index (χ3n) is 3.42. The van der Waals surface area contributed by atoms with Crippen LogP contribution >= 0.6 is 27.3 Å². The fourth-order valence-electron chi connectivity index (χ4n) is 2.38. The van der Waals surface area contributed by atoms with Crippen molar-refractivity contribution in [1.82, 2.24) is 5.32 Å². The number of ether oxygens (including phenoxy) is 1. The standard InChI is InChI=1S/C13H20BrNOS/c1-15-13(11-8-17-9-12(11)14)6-5-10-4-2-3-7-16-10/h8-10,13,15H,2-7H2,1H3. The first kappa shape index (κ1) is 13.5. The highest BCUT2D eigenvalue weighted by Crippen LogP contribution is 2.31. The highest BCUT2D eigenvalue weighted by Gasteiger charge is 2.18. The van der Waals surface area contributed by atoms with Crippen LogP contribution in [0.15, 0.2) is 15.2 Å². The first-order valence-electron chi connectivity index (χ1n) is 6.31. The Bertz CT molecular complexity index is 336. The van der Waals surface area contributed by atoms with Gasteiger partial charge in [-0.2, -0.15) is 11.3 Å². The van der Waals surface area contributed by atoms with Gasteiger partial charge in [0.15, 0.2) is 0 Å². The van der Waals surface area contributed by atoms with Crippen molar-refractivity contribution in [3.63, 3.8) is 0 Å². The molecule has 0 bridgehead atoms. The second-order valence-corrected chi connectivity index (χ2v) is 6.18. The number of rotatable bonds is 5. The van der Waals surface area contributed by atoms with Crippen molar-refractivity contribution in [3.8, 4) is 0 Å². The minimum Gasteiger partial charge on any atom is -0.378 e. The highest BCUT2D eigenvalue weighted by atomic mass is 79.9. The molecule has 0 radical (unpaired) electrons. The van der Waals surface area contributed by atoms with Gasteiger partial charge in [0, 0.05) is 22.5 Å². The highest BCUT2D eigenvalue weighted by molar-refractivity contribution is 9.10. The fraction of sp³-hybridized carbons (Fsp3) is 0.692. The lowest BCUT2D eigenvalue weighted by atomic mass is 9.99. The SMILES string of the molecule is CNC(CCC1CCCCO1)c1cscc1Br. The summed E-state index contributed by atoms with van der Waals surface area (Å²) in [6.45, 7) is 0.955. The van der Waals surface area contributed by atoms with Crippen LogP contribution in [-0.4, -0.2) is 19.8 Å². The number of hydrogen-bond donors (Lipinski definition) is 1. The van der Waals surface area contributed by atoms with Gasteiger partial charge in [-0.15, -0.1) is 0 Å². The monoisotopic (exact) mass is 317 g/mol. The van der Waals surface area contributed by atoms with Gasteiger partial charge in [0.2, 0.25) is 0 Å². The maximum absolute atomic E-state index is 5.78. The maximum Gasteiger partial charge on any atom is 0.0575 e. The Balaban J connectivity index is 1.85. The summed E-state index contributed by atoms with van der Waals surface area (Å²) in [5.74, 6) is 0. The Labute approximate surface area is 116 Å². The molecule has 1 saturated heterocycles. The summed E-state index contributed by atoms with van der Waals surface area (Å²) in [5, 5.41) is 7.78. The quantitative estimate of drug-likeness (QED) is 0.882. The normalized spacial score (nSPS) is 22.6. The van der Waals surface area contributed by atoms with Gasteiger partial charge in [-0.3, -0.25) is 0 Å². The summed E-state index contributed by atoms with van der Waals surface area (Å²) in [4.78, 5) is 0. The van der Waals surface area contributed by atoms with E-state index >= 15 is 0 Å². The van der Waals surface area contributed by atoms with Gasteiger partial charge < -0.3 is 10.1 Å². The fourth-order valence-corrected chi connectivity index (χ4v) is 4.01. The topological polar surface area (TPSA) is 21.3 Å². The Kier molecular flexibility index (Phi) is 5.48. The molecule has 2 heterocycles. The van der Waals surface area contributed by atoms with Gasteiger partial charge in [0.05, 0.1) is 6.10 Å². The molecule has 1 aliphatic rings. The molecule has 1 N–H and O–H groups in total. The van der Waals surface area contributed by atoms with Crippen molar-refractivity contribution in [2.45, 2.75) is 44.2 Å². The third kappa shape index (κ3) is 3.78. The first-order valence-corrected chi connectivity index (χ1v) is 8.05. The molecule has 2 unspecified atom stereocenters. The largest absolute Gasteiger partial charge is 0.378 e. The molecule has 0 aliphatic carbocycles. The molecule has 0 aromatic carbocycles. The van der Waals surface area contributed by atoms with Crippen LogP contribution in [0.3, 0.4) is 0 Å². The van der Waals surface area contributed by atoms with Gasteiger partial charge in [0.1, 0.15) is 0 Å². The van der Waals surface area contributed by atoms with E-state index in [1.54, 1.807) is 11.3 Å². The van der Waals surface area contributed by atoms with Crippen LogP contribution in [0.2, 0.25) is 0 Å². The lowest BCUT2D eigenvalue weighted by Crippen LogP contribution is -2.22. The van der Waals surface area contributed by atoms with E-state index < -0.39 is 0 Å². The van der Waals surface area contributed by atoms with Crippen molar-refractivity contribution in [1.29, 1.82) is 0 Å². The lowest BCUT2D eigenvalue weighted by molar-refractivity contribution is 0.00866. The molecule has 2 rings (SSSR count). The summed E-state index contributed by atoms with van der Waals surface area (Å²) >= 11 is 5.37. The molecular formula is C13H20BrNOS. The van der Waals surface area contributed by atoms with Crippen LogP contribution in [0.1, 0.15) is 43.7 Å². The number of thiophene rings is 1. The molecule has 17 heavy (non-hydrogen) atoms. The van der Waals surface area contributed by atoms with Crippen LogP contribution in [0.5, 0.6) is 0 Å². The predicted octanol–water partition coefficient (Wildman–Crippen LogP) is 4.12. The molecule has 1 aromatic rings. The molecule has 1 fully saturated rings. The van der Waals surface area contributed by atoms with Crippen LogP contribution in [0, 0.1) is 0 Å². The third-order valence-corrected chi connectivity index (χ3v) is 5.17. The maximum atomic E-state index is 5.78. The molecule has 96 valence electrons. The number of hydrogen-bond acceptors (Lipinski definition) is 3. The summed E-state index contributed by atoms with van der Waals surface area (Å²) in [6.07, 6.45) is 6.60. The molecule has 2 nitrogen and oxygen atoms in total. The molecule has 0 saturated carbocycles. The van der Waals surface area contributed by atoms with Gasteiger partial charge in [-0.25, -0.2) is 0 Å². The van der Waals surface area contributed by atoms with E-state index in [0.29, 0.717) is 12.1 Å². The van der Waals surface area contributed by atoms with E-state index in [0.717, 1.165) is 19.4 Å². The molecule has 1 aromatic heterocycles. The Morgan fingerprint density at radius 3 is 3.00 bits per heavy atom. The molecular weight excluding hydrogens is 298 g/mol. The number of nitrogens with one attached hydrogen (secondary N) is 1. The molecule has 4 heteroatoms. The van der Waals surface area contributed by atoms with E-state index in [1.165, 1.54) is 29.3 Å². The zero-order valence-electron chi connectivity index (χ0n) is 10.2. The minimum atomic E-state index is 0.446. The van der Waals surface area contributed by atoms with Crippen molar-refractivity contribution in [2.24, 2.45) is 0 Å². The molecule has 0 amide bonds. The van der Waals surface area contributed by atoms with Crippen LogP contribution < -0.4 is 5.32 Å². The van der Waals surface area contributed by atoms with E-state index in [2.05, 4.69) is 32.0 Å². The molecule has 0 spiro atoms. The van der Waals surface area contributed by atoms with Crippen LogP contribution in [0.25, 0.3) is 0 Å². The summed E-state index contributed by atoms with van der Waals surface area (Å²) in [6, 6.07) is 0.446. The Hall–Kier alpha value is 0.100. The molecule has 2 atom stereocenters. The van der Waals surface area contributed by atoms with Gasteiger partial charge in [-0.05, 0) is 66.0 Å². The second-order valence-electron chi connectivity index (χ2n) is 4.58. The van der Waals surface area contributed by atoms with Crippen molar-refractivity contribution in [2.75, 3.05) is 13.7 Å². The van der Waals surface area contributed by atoms with E-state index in [4.69, 9.17) is 4.74 Å². The minimum absolute atomic E-state index is 0.446. The second kappa shape index (κ2) is 6.88. The zero-order chi connectivity index (χ0) is 12.1. The summed E-state index contributed by atoms with van der Waals surface area (Å²) in [5.41, 5.74) is 1.38. The average molecular weight is 318 g/mol. The smallest absolute Gasteiger partial charge is 0.0575 e. The van der Waals surface area contributed by atoms with Crippen molar-refractivity contribution < 1.29 is 4.74 Å². The summed E-state index contributed by atoms with van der Waals surface area (Å²) < 4.78 is 7.01. The average Bonchev–Trinajstić information content (AvgIpc) is 2.78. The van der Waals surface area contributed by atoms with Gasteiger partial charge in [0.25, 0.3) is 0 Å². The zero-order valence-corrected chi connectivity index (χ0v) is 12.6. The van der Waals surface area contributed by atoms with Crippen molar-refractivity contribution in [3.05, 3.63) is 20.8 Å². The number of halogens is 1. The molecule has 1 aliphatic heterocycles. The van der Waals surface area contributed by atoms with E-state index in [9.17, 15) is 0 Å². The van der Waals surface area contributed by atoms with Crippen molar-refractivity contribution >= 4 is 27.3 Å².